The van der Waals surface area contributed by atoms with E-state index in [4.69, 9.17) is 14.2 Å². The first-order chi connectivity index (χ1) is 15.2. The Hall–Kier alpha value is -1.93. The zero-order chi connectivity index (χ0) is 23.8. The van der Waals surface area contributed by atoms with Gasteiger partial charge in [0.25, 0.3) is 5.60 Å². The number of benzene rings is 1. The summed E-state index contributed by atoms with van der Waals surface area (Å²) in [7, 11) is 0.851. The standard InChI is InChI=1S/C24H33F3O5/c1-4-6-8-13-20-21(15-14-19(31-20)16-18(28)5-2)32-22(29)23(30-3,24(25,26)27)17-11-9-7-10-12-17/h7,9-12,19-21H,4-6,8,13-16H2,1-3H3/t19-,20-,21+,23+/m1/s1. The highest BCUT2D eigenvalue weighted by atomic mass is 19.4. The molecule has 0 amide bonds. The van der Waals surface area contributed by atoms with Gasteiger partial charge in [-0.05, 0) is 19.3 Å². The van der Waals surface area contributed by atoms with Crippen LogP contribution in [0.25, 0.3) is 0 Å². The molecule has 2 rings (SSSR count). The van der Waals surface area contributed by atoms with Crippen molar-refractivity contribution in [1.29, 1.82) is 0 Å². The predicted molar refractivity (Wildman–Crippen MR) is 113 cm³/mol. The molecular weight excluding hydrogens is 425 g/mol. The quantitative estimate of drug-likeness (QED) is 0.324. The number of unbranched alkanes of at least 4 members (excludes halogenated alkanes) is 2. The molecule has 0 N–H and O–H groups in total. The van der Waals surface area contributed by atoms with Crippen LogP contribution in [0.3, 0.4) is 0 Å². The van der Waals surface area contributed by atoms with Crippen molar-refractivity contribution in [3.63, 3.8) is 0 Å². The topological polar surface area (TPSA) is 61.8 Å². The van der Waals surface area contributed by atoms with E-state index in [9.17, 15) is 22.8 Å². The number of esters is 1. The predicted octanol–water partition coefficient (Wildman–Crippen LogP) is 5.50. The Kier molecular flexibility index (Phi) is 9.70. The van der Waals surface area contributed by atoms with E-state index >= 15 is 0 Å². The van der Waals surface area contributed by atoms with Crippen LogP contribution in [-0.2, 0) is 29.4 Å². The summed E-state index contributed by atoms with van der Waals surface area (Å²) < 4.78 is 58.8. The fourth-order valence-electron chi connectivity index (χ4n) is 4.08. The monoisotopic (exact) mass is 458 g/mol. The number of Topliss-reactive ketones (excluding diaryl/α,β-unsaturated/α-hetero) is 1. The van der Waals surface area contributed by atoms with Crippen molar-refractivity contribution in [3.8, 4) is 0 Å². The lowest BCUT2D eigenvalue weighted by molar-refractivity contribution is -0.281. The Morgan fingerprint density at radius 2 is 1.78 bits per heavy atom. The van der Waals surface area contributed by atoms with E-state index in [-0.39, 0.29) is 23.9 Å². The third-order valence-electron chi connectivity index (χ3n) is 5.93. The van der Waals surface area contributed by atoms with Crippen LogP contribution in [0.4, 0.5) is 13.2 Å². The first-order valence-corrected chi connectivity index (χ1v) is 11.2. The summed E-state index contributed by atoms with van der Waals surface area (Å²) >= 11 is 0. The van der Waals surface area contributed by atoms with Crippen LogP contribution in [0.2, 0.25) is 0 Å². The zero-order valence-electron chi connectivity index (χ0n) is 19.0. The van der Waals surface area contributed by atoms with Crippen molar-refractivity contribution in [2.75, 3.05) is 7.11 Å². The number of rotatable bonds is 11. The highest BCUT2D eigenvalue weighted by Gasteiger charge is 2.64. The molecule has 1 aromatic carbocycles. The maximum absolute atomic E-state index is 14.2. The van der Waals surface area contributed by atoms with Gasteiger partial charge in [0.15, 0.2) is 0 Å². The Labute approximate surface area is 187 Å². The van der Waals surface area contributed by atoms with E-state index in [2.05, 4.69) is 0 Å². The number of ketones is 1. The van der Waals surface area contributed by atoms with Crippen LogP contribution in [0.1, 0.15) is 70.8 Å². The van der Waals surface area contributed by atoms with Gasteiger partial charge in [0.05, 0.1) is 12.2 Å². The molecule has 1 saturated heterocycles. The van der Waals surface area contributed by atoms with E-state index in [0.29, 0.717) is 25.7 Å². The molecule has 0 aromatic heterocycles. The molecule has 0 spiro atoms. The fraction of sp³-hybridized carbons (Fsp3) is 0.667. The van der Waals surface area contributed by atoms with E-state index in [1.807, 2.05) is 6.92 Å². The van der Waals surface area contributed by atoms with E-state index in [0.717, 1.165) is 26.4 Å². The van der Waals surface area contributed by atoms with Crippen LogP contribution in [0.5, 0.6) is 0 Å². The average molecular weight is 459 g/mol. The van der Waals surface area contributed by atoms with Crippen molar-refractivity contribution >= 4 is 11.8 Å². The lowest BCUT2D eigenvalue weighted by atomic mass is 9.91. The lowest BCUT2D eigenvalue weighted by Gasteiger charge is -2.39. The molecule has 1 fully saturated rings. The molecule has 0 bridgehead atoms. The summed E-state index contributed by atoms with van der Waals surface area (Å²) in [4.78, 5) is 24.9. The molecule has 1 aromatic rings. The van der Waals surface area contributed by atoms with Gasteiger partial charge in [-0.15, -0.1) is 0 Å². The number of hydrogen-bond donors (Lipinski definition) is 0. The maximum atomic E-state index is 14.2. The van der Waals surface area contributed by atoms with Crippen LogP contribution in [0, 0.1) is 0 Å². The SMILES string of the molecule is CCCCC[C@H]1O[C@@H](CC(=O)CC)CC[C@@H]1OC(=O)[C@@](OC)(c1ccccc1)C(F)(F)F. The molecule has 1 heterocycles. The third-order valence-corrected chi connectivity index (χ3v) is 5.93. The highest BCUT2D eigenvalue weighted by molar-refractivity contribution is 5.83. The summed E-state index contributed by atoms with van der Waals surface area (Å²) in [6.07, 6.45) is -2.10. The molecule has 0 radical (unpaired) electrons. The summed E-state index contributed by atoms with van der Waals surface area (Å²) in [5.41, 5.74) is -3.57. The van der Waals surface area contributed by atoms with E-state index < -0.39 is 30.0 Å². The molecule has 8 heteroatoms. The number of ether oxygens (including phenoxy) is 3. The van der Waals surface area contributed by atoms with Crippen molar-refractivity contribution in [1.82, 2.24) is 0 Å². The molecule has 32 heavy (non-hydrogen) atoms. The molecule has 0 aliphatic carbocycles. The van der Waals surface area contributed by atoms with Gasteiger partial charge < -0.3 is 14.2 Å². The van der Waals surface area contributed by atoms with Gasteiger partial charge in [-0.2, -0.15) is 13.2 Å². The number of hydrogen-bond acceptors (Lipinski definition) is 5. The minimum absolute atomic E-state index is 0.0669. The van der Waals surface area contributed by atoms with Crippen molar-refractivity contribution < 1.29 is 37.0 Å². The maximum Gasteiger partial charge on any atom is 0.432 e. The number of alkyl halides is 3. The van der Waals surface area contributed by atoms with Gasteiger partial charge in [-0.3, -0.25) is 4.79 Å². The fourth-order valence-corrected chi connectivity index (χ4v) is 4.08. The van der Waals surface area contributed by atoms with Crippen molar-refractivity contribution in [3.05, 3.63) is 35.9 Å². The first kappa shape index (κ1) is 26.3. The Bertz CT molecular complexity index is 737. The minimum Gasteiger partial charge on any atom is -0.457 e. The van der Waals surface area contributed by atoms with Crippen molar-refractivity contribution in [2.45, 2.75) is 95.3 Å². The normalized spacial score (nSPS) is 23.4. The number of halogens is 3. The second-order valence-electron chi connectivity index (χ2n) is 8.16. The molecule has 0 saturated carbocycles. The number of carbonyl (C=O) groups is 2. The van der Waals surface area contributed by atoms with E-state index in [1.165, 1.54) is 24.3 Å². The third kappa shape index (κ3) is 6.10. The molecule has 180 valence electrons. The molecular formula is C24H33F3O5. The molecule has 0 unspecified atom stereocenters. The first-order valence-electron chi connectivity index (χ1n) is 11.2. The highest BCUT2D eigenvalue weighted by Crippen LogP contribution is 2.44. The van der Waals surface area contributed by atoms with Crippen LogP contribution in [-0.4, -0.2) is 43.4 Å². The van der Waals surface area contributed by atoms with Gasteiger partial charge in [0, 0.05) is 25.5 Å². The molecule has 1 aliphatic rings. The smallest absolute Gasteiger partial charge is 0.432 e. The van der Waals surface area contributed by atoms with Gasteiger partial charge in [0.1, 0.15) is 11.9 Å². The Morgan fingerprint density at radius 1 is 1.09 bits per heavy atom. The largest absolute Gasteiger partial charge is 0.457 e. The zero-order valence-corrected chi connectivity index (χ0v) is 19.0. The second kappa shape index (κ2) is 11.8. The number of carbonyl (C=O) groups excluding carboxylic acids is 2. The van der Waals surface area contributed by atoms with Crippen LogP contribution >= 0.6 is 0 Å². The minimum atomic E-state index is -5.02. The van der Waals surface area contributed by atoms with Gasteiger partial charge in [0.2, 0.25) is 0 Å². The van der Waals surface area contributed by atoms with E-state index in [1.54, 1.807) is 13.0 Å². The molecule has 4 atom stereocenters. The van der Waals surface area contributed by atoms with Crippen molar-refractivity contribution in [2.24, 2.45) is 0 Å². The molecule has 5 nitrogen and oxygen atoms in total. The summed E-state index contributed by atoms with van der Waals surface area (Å²) in [6.45, 7) is 3.82. The Balaban J connectivity index is 2.25. The summed E-state index contributed by atoms with van der Waals surface area (Å²) in [5, 5.41) is 0. The average Bonchev–Trinajstić information content (AvgIpc) is 2.76. The number of methoxy groups -OCH3 is 1. The van der Waals surface area contributed by atoms with Gasteiger partial charge in [-0.25, -0.2) is 4.79 Å². The lowest BCUT2D eigenvalue weighted by Crippen LogP contribution is -2.54. The molecule has 1 aliphatic heterocycles. The van der Waals surface area contributed by atoms with Gasteiger partial charge >= 0.3 is 12.1 Å². The van der Waals surface area contributed by atoms with Crippen LogP contribution < -0.4 is 0 Å². The van der Waals surface area contributed by atoms with Gasteiger partial charge in [-0.1, -0.05) is 63.4 Å². The summed E-state index contributed by atoms with van der Waals surface area (Å²) in [6, 6.07) is 6.77. The Morgan fingerprint density at radius 3 is 2.34 bits per heavy atom. The second-order valence-corrected chi connectivity index (χ2v) is 8.16. The van der Waals surface area contributed by atoms with Crippen LogP contribution in [0.15, 0.2) is 30.3 Å². The summed E-state index contributed by atoms with van der Waals surface area (Å²) in [5.74, 6) is -1.44.